The smallest absolute Gasteiger partial charge is 0.0692 e. The van der Waals surface area contributed by atoms with E-state index in [1.807, 2.05) is 18.3 Å². The highest BCUT2D eigenvalue weighted by Crippen LogP contribution is 2.24. The predicted octanol–water partition coefficient (Wildman–Crippen LogP) is 0.849. The molecule has 0 atom stereocenters. The largest absolute Gasteiger partial charge is 0.397 e. The number of nitrogens with one attached hydrogen (secondary N) is 2. The van der Waals surface area contributed by atoms with Crippen LogP contribution in [0.5, 0.6) is 0 Å². The molecular formula is C11H13N7. The number of nitrogens with zero attached hydrogens (tertiary/aromatic N) is 4. The molecule has 0 saturated heterocycles. The number of hydrogen-bond acceptors (Lipinski definition) is 5. The predicted molar refractivity (Wildman–Crippen MR) is 69.0 cm³/mol. The van der Waals surface area contributed by atoms with Crippen LogP contribution < -0.4 is 11.1 Å². The maximum Gasteiger partial charge on any atom is 0.0692 e. The molecule has 0 aliphatic rings. The molecule has 0 aliphatic heterocycles. The van der Waals surface area contributed by atoms with Crippen molar-refractivity contribution in [3.63, 3.8) is 0 Å². The van der Waals surface area contributed by atoms with Gasteiger partial charge in [0.05, 0.1) is 35.8 Å². The molecule has 0 saturated carbocycles. The molecule has 92 valence electrons. The molecule has 4 N–H and O–H groups in total. The van der Waals surface area contributed by atoms with Gasteiger partial charge >= 0.3 is 0 Å². The van der Waals surface area contributed by atoms with E-state index in [0.717, 1.165) is 29.7 Å². The summed E-state index contributed by atoms with van der Waals surface area (Å²) in [5.74, 6) is 0. The first-order valence-electron chi connectivity index (χ1n) is 5.63. The summed E-state index contributed by atoms with van der Waals surface area (Å²) >= 11 is 0. The number of anilines is 2. The monoisotopic (exact) mass is 243 g/mol. The lowest BCUT2D eigenvalue weighted by Crippen LogP contribution is -2.12. The Hall–Kier alpha value is -2.57. The van der Waals surface area contributed by atoms with Gasteiger partial charge in [-0.1, -0.05) is 5.21 Å². The molecule has 7 nitrogen and oxygen atoms in total. The minimum Gasteiger partial charge on any atom is -0.397 e. The van der Waals surface area contributed by atoms with Crippen LogP contribution in [-0.2, 0) is 6.54 Å². The van der Waals surface area contributed by atoms with E-state index in [1.54, 1.807) is 17.1 Å². The van der Waals surface area contributed by atoms with Gasteiger partial charge in [-0.3, -0.25) is 9.78 Å². The van der Waals surface area contributed by atoms with Crippen LogP contribution in [0.3, 0.4) is 0 Å². The Labute approximate surface area is 103 Å². The number of nitrogen functional groups attached to an aromatic ring is 1. The van der Waals surface area contributed by atoms with Gasteiger partial charge in [-0.25, -0.2) is 0 Å². The van der Waals surface area contributed by atoms with Crippen molar-refractivity contribution >= 4 is 22.3 Å². The summed E-state index contributed by atoms with van der Waals surface area (Å²) in [6.07, 6.45) is 5.24. The summed E-state index contributed by atoms with van der Waals surface area (Å²) in [4.78, 5) is 0. The molecule has 0 bridgehead atoms. The van der Waals surface area contributed by atoms with E-state index in [2.05, 4.69) is 25.8 Å². The van der Waals surface area contributed by atoms with E-state index in [1.165, 1.54) is 0 Å². The van der Waals surface area contributed by atoms with Gasteiger partial charge in [0.15, 0.2) is 0 Å². The number of aromatic nitrogens is 5. The van der Waals surface area contributed by atoms with Crippen molar-refractivity contribution in [3.8, 4) is 0 Å². The zero-order valence-electron chi connectivity index (χ0n) is 9.67. The molecule has 7 heteroatoms. The van der Waals surface area contributed by atoms with E-state index in [4.69, 9.17) is 5.73 Å². The minimum absolute atomic E-state index is 0.711. The summed E-state index contributed by atoms with van der Waals surface area (Å²) in [5.41, 5.74) is 8.54. The molecule has 3 rings (SSSR count). The molecule has 18 heavy (non-hydrogen) atoms. The Bertz CT molecular complexity index is 641. The van der Waals surface area contributed by atoms with Gasteiger partial charge in [-0.15, -0.1) is 5.10 Å². The third-order valence-electron chi connectivity index (χ3n) is 2.74. The molecule has 1 aromatic carbocycles. The lowest BCUT2D eigenvalue weighted by atomic mass is 10.2. The second-order valence-corrected chi connectivity index (χ2v) is 3.99. The van der Waals surface area contributed by atoms with Crippen LogP contribution in [0.2, 0.25) is 0 Å². The normalized spacial score (nSPS) is 10.9. The molecule has 2 aromatic heterocycles. The van der Waals surface area contributed by atoms with Crippen LogP contribution >= 0.6 is 0 Å². The second-order valence-electron chi connectivity index (χ2n) is 3.99. The van der Waals surface area contributed by atoms with E-state index >= 15 is 0 Å². The molecule has 2 heterocycles. The first kappa shape index (κ1) is 10.6. The van der Waals surface area contributed by atoms with Crippen LogP contribution in [0.4, 0.5) is 11.4 Å². The number of fused-ring (bicyclic) bond motifs is 1. The topological polar surface area (TPSA) is 97.4 Å². The molecule has 0 spiro atoms. The molecule has 0 fully saturated rings. The fourth-order valence-electron chi connectivity index (χ4n) is 1.82. The van der Waals surface area contributed by atoms with Crippen LogP contribution in [0.15, 0.2) is 30.7 Å². The highest BCUT2D eigenvalue weighted by atomic mass is 15.4. The lowest BCUT2D eigenvalue weighted by Gasteiger charge is -2.09. The third-order valence-corrected chi connectivity index (χ3v) is 2.74. The standard InChI is InChI=1S/C11H13N7/c12-9-5-8-7-15-16-10(8)6-11(9)13-1-3-18-4-2-14-17-18/h2,4-7,13H,1,3,12H2,(H,15,16). The molecule has 0 amide bonds. The van der Waals surface area contributed by atoms with Crippen molar-refractivity contribution in [1.82, 2.24) is 25.2 Å². The maximum atomic E-state index is 5.97. The van der Waals surface area contributed by atoms with Gasteiger partial charge in [0.2, 0.25) is 0 Å². The van der Waals surface area contributed by atoms with E-state index in [-0.39, 0.29) is 0 Å². The highest BCUT2D eigenvalue weighted by Gasteiger charge is 2.03. The number of benzene rings is 1. The zero-order chi connectivity index (χ0) is 12.4. The number of rotatable bonds is 4. The Morgan fingerprint density at radius 2 is 2.33 bits per heavy atom. The van der Waals surface area contributed by atoms with Crippen molar-refractivity contribution in [3.05, 3.63) is 30.7 Å². The molecule has 0 radical (unpaired) electrons. The zero-order valence-corrected chi connectivity index (χ0v) is 9.67. The summed E-state index contributed by atoms with van der Waals surface area (Å²) in [7, 11) is 0. The summed E-state index contributed by atoms with van der Waals surface area (Å²) in [6, 6.07) is 3.86. The van der Waals surface area contributed by atoms with Gasteiger partial charge in [0.1, 0.15) is 0 Å². The summed E-state index contributed by atoms with van der Waals surface area (Å²) in [6.45, 7) is 1.47. The Morgan fingerprint density at radius 1 is 1.39 bits per heavy atom. The molecule has 3 aromatic rings. The SMILES string of the molecule is Nc1cc2cn[nH]c2cc1NCCn1ccnn1. The van der Waals surface area contributed by atoms with Crippen molar-refractivity contribution in [2.75, 3.05) is 17.6 Å². The number of H-pyrrole nitrogens is 1. The van der Waals surface area contributed by atoms with Crippen molar-refractivity contribution < 1.29 is 0 Å². The van der Waals surface area contributed by atoms with Gasteiger partial charge in [-0.05, 0) is 12.1 Å². The first-order valence-corrected chi connectivity index (χ1v) is 5.63. The Balaban J connectivity index is 1.71. The van der Waals surface area contributed by atoms with Crippen LogP contribution in [0.25, 0.3) is 10.9 Å². The van der Waals surface area contributed by atoms with Crippen LogP contribution in [0, 0.1) is 0 Å². The average molecular weight is 243 g/mol. The highest BCUT2D eigenvalue weighted by molar-refractivity contribution is 5.88. The quantitative estimate of drug-likeness (QED) is 0.590. The van der Waals surface area contributed by atoms with E-state index in [0.29, 0.717) is 5.69 Å². The fraction of sp³-hybridized carbons (Fsp3) is 0.182. The maximum absolute atomic E-state index is 5.97. The number of nitrogens with two attached hydrogens (primary N) is 1. The van der Waals surface area contributed by atoms with Crippen molar-refractivity contribution in [1.29, 1.82) is 0 Å². The summed E-state index contributed by atoms with van der Waals surface area (Å²) in [5, 5.41) is 18.8. The number of aromatic amines is 1. The van der Waals surface area contributed by atoms with E-state index < -0.39 is 0 Å². The second kappa shape index (κ2) is 4.36. The van der Waals surface area contributed by atoms with Crippen LogP contribution in [0.1, 0.15) is 0 Å². The van der Waals surface area contributed by atoms with Gasteiger partial charge in [0, 0.05) is 18.1 Å². The lowest BCUT2D eigenvalue weighted by molar-refractivity contribution is 0.609. The van der Waals surface area contributed by atoms with Crippen LogP contribution in [-0.4, -0.2) is 31.7 Å². The Morgan fingerprint density at radius 3 is 3.17 bits per heavy atom. The average Bonchev–Trinajstić information content (AvgIpc) is 3.00. The van der Waals surface area contributed by atoms with Crippen molar-refractivity contribution in [2.24, 2.45) is 0 Å². The third kappa shape index (κ3) is 1.97. The summed E-state index contributed by atoms with van der Waals surface area (Å²) < 4.78 is 1.76. The number of hydrogen-bond donors (Lipinski definition) is 3. The van der Waals surface area contributed by atoms with Crippen molar-refractivity contribution in [2.45, 2.75) is 6.54 Å². The van der Waals surface area contributed by atoms with Gasteiger partial charge in [-0.2, -0.15) is 5.10 Å². The van der Waals surface area contributed by atoms with Gasteiger partial charge < -0.3 is 11.1 Å². The first-order chi connectivity index (χ1) is 8.83. The van der Waals surface area contributed by atoms with Gasteiger partial charge in [0.25, 0.3) is 0 Å². The molecular weight excluding hydrogens is 230 g/mol. The minimum atomic E-state index is 0.711. The fourth-order valence-corrected chi connectivity index (χ4v) is 1.82. The van der Waals surface area contributed by atoms with E-state index in [9.17, 15) is 0 Å². The molecule has 0 aliphatic carbocycles. The Kier molecular flexibility index (Phi) is 2.56. The molecule has 0 unspecified atom stereocenters.